The second-order valence-corrected chi connectivity index (χ2v) is 3.15. The summed E-state index contributed by atoms with van der Waals surface area (Å²) in [6.45, 7) is 1.73. The van der Waals surface area contributed by atoms with Crippen molar-refractivity contribution in [2.24, 2.45) is 11.3 Å². The average Bonchev–Trinajstić information content (AvgIpc) is 2.37. The lowest BCUT2D eigenvalue weighted by Crippen LogP contribution is -2.05. The summed E-state index contributed by atoms with van der Waals surface area (Å²) in [5.41, 5.74) is 0.321. The maximum atomic E-state index is 10.1. The Morgan fingerprint density at radius 3 is 3.11 bits per heavy atom. The molecule has 0 aromatic carbocycles. The van der Waals surface area contributed by atoms with Gasteiger partial charge in [-0.05, 0) is 12.3 Å². The fraction of sp³-hybridized carbons (Fsp3) is 0.857. The highest BCUT2D eigenvalue weighted by Gasteiger charge is 2.57. The molecule has 2 aliphatic rings. The molecule has 1 saturated carbocycles. The van der Waals surface area contributed by atoms with Crippen molar-refractivity contribution in [3.63, 3.8) is 0 Å². The van der Waals surface area contributed by atoms with E-state index in [-0.39, 0.29) is 0 Å². The molecule has 2 rings (SSSR count). The van der Waals surface area contributed by atoms with Crippen LogP contribution in [0.1, 0.15) is 12.8 Å². The van der Waals surface area contributed by atoms with Crippen LogP contribution in [-0.2, 0) is 9.53 Å². The summed E-state index contributed by atoms with van der Waals surface area (Å²) in [7, 11) is 0. The topological polar surface area (TPSA) is 26.3 Å². The molecule has 1 aliphatic carbocycles. The van der Waals surface area contributed by atoms with Crippen LogP contribution >= 0.6 is 0 Å². The Kier molecular flexibility index (Phi) is 0.943. The minimum Gasteiger partial charge on any atom is -0.381 e. The summed E-state index contributed by atoms with van der Waals surface area (Å²) in [5, 5.41) is 0. The van der Waals surface area contributed by atoms with E-state index in [4.69, 9.17) is 4.74 Å². The molecular weight excluding hydrogens is 116 g/mol. The first kappa shape index (κ1) is 5.42. The fourth-order valence-electron chi connectivity index (χ4n) is 1.72. The first-order valence-corrected chi connectivity index (χ1v) is 3.39. The summed E-state index contributed by atoms with van der Waals surface area (Å²) in [6, 6.07) is 0. The van der Waals surface area contributed by atoms with Crippen molar-refractivity contribution >= 4 is 6.29 Å². The number of carbonyl (C=O) groups excluding carboxylic acids is 1. The molecule has 50 valence electrons. The van der Waals surface area contributed by atoms with Gasteiger partial charge in [0.05, 0.1) is 13.2 Å². The minimum atomic E-state index is 0.321. The SMILES string of the molecule is O=CCC12COCC1C2. The summed E-state index contributed by atoms with van der Waals surface area (Å²) in [4.78, 5) is 10.1. The van der Waals surface area contributed by atoms with Crippen LogP contribution in [0.2, 0.25) is 0 Å². The first-order chi connectivity index (χ1) is 4.37. The van der Waals surface area contributed by atoms with Gasteiger partial charge in [-0.1, -0.05) is 0 Å². The molecule has 0 radical (unpaired) electrons. The predicted molar refractivity (Wildman–Crippen MR) is 32.0 cm³/mol. The molecule has 2 heteroatoms. The van der Waals surface area contributed by atoms with Crippen molar-refractivity contribution in [2.75, 3.05) is 13.2 Å². The molecule has 0 N–H and O–H groups in total. The van der Waals surface area contributed by atoms with Crippen LogP contribution in [0.4, 0.5) is 0 Å². The highest BCUT2D eigenvalue weighted by atomic mass is 16.5. The van der Waals surface area contributed by atoms with Crippen LogP contribution in [0, 0.1) is 11.3 Å². The van der Waals surface area contributed by atoms with E-state index in [1.165, 1.54) is 6.42 Å². The van der Waals surface area contributed by atoms with Crippen molar-refractivity contribution in [3.05, 3.63) is 0 Å². The van der Waals surface area contributed by atoms with E-state index in [9.17, 15) is 4.79 Å². The number of hydrogen-bond donors (Lipinski definition) is 0. The smallest absolute Gasteiger partial charge is 0.120 e. The lowest BCUT2D eigenvalue weighted by atomic mass is 10.0. The second-order valence-electron chi connectivity index (χ2n) is 3.15. The van der Waals surface area contributed by atoms with Crippen LogP contribution in [0.15, 0.2) is 0 Å². The summed E-state index contributed by atoms with van der Waals surface area (Å²) in [5.74, 6) is 0.725. The summed E-state index contributed by atoms with van der Waals surface area (Å²) < 4.78 is 5.20. The van der Waals surface area contributed by atoms with Crippen LogP contribution in [-0.4, -0.2) is 19.5 Å². The van der Waals surface area contributed by atoms with Crippen molar-refractivity contribution in [2.45, 2.75) is 12.8 Å². The van der Waals surface area contributed by atoms with E-state index in [1.807, 2.05) is 0 Å². The second kappa shape index (κ2) is 1.57. The van der Waals surface area contributed by atoms with E-state index < -0.39 is 0 Å². The third-order valence-electron chi connectivity index (χ3n) is 2.56. The van der Waals surface area contributed by atoms with Gasteiger partial charge in [-0.15, -0.1) is 0 Å². The zero-order valence-corrected chi connectivity index (χ0v) is 5.30. The van der Waals surface area contributed by atoms with Gasteiger partial charge in [-0.2, -0.15) is 0 Å². The maximum absolute atomic E-state index is 10.1. The van der Waals surface area contributed by atoms with Crippen molar-refractivity contribution in [1.82, 2.24) is 0 Å². The molecule has 0 aromatic heterocycles. The largest absolute Gasteiger partial charge is 0.381 e. The maximum Gasteiger partial charge on any atom is 0.120 e. The normalized spacial score (nSPS) is 46.4. The lowest BCUT2D eigenvalue weighted by Gasteiger charge is -2.02. The molecule has 0 amide bonds. The van der Waals surface area contributed by atoms with Gasteiger partial charge in [-0.3, -0.25) is 0 Å². The lowest BCUT2D eigenvalue weighted by molar-refractivity contribution is -0.109. The van der Waals surface area contributed by atoms with Gasteiger partial charge in [0.25, 0.3) is 0 Å². The van der Waals surface area contributed by atoms with Gasteiger partial charge in [0, 0.05) is 11.8 Å². The molecule has 1 heterocycles. The zero-order chi connectivity index (χ0) is 6.32. The van der Waals surface area contributed by atoms with Gasteiger partial charge in [0.2, 0.25) is 0 Å². The van der Waals surface area contributed by atoms with Crippen LogP contribution in [0.5, 0.6) is 0 Å². The molecule has 2 fully saturated rings. The average molecular weight is 126 g/mol. The Hall–Kier alpha value is -0.370. The van der Waals surface area contributed by atoms with Crippen molar-refractivity contribution in [1.29, 1.82) is 0 Å². The van der Waals surface area contributed by atoms with Crippen LogP contribution < -0.4 is 0 Å². The standard InChI is InChI=1S/C7H10O2/c8-2-1-7-3-6(7)4-9-5-7/h2,6H,1,3-5H2. The third kappa shape index (κ3) is 0.628. The van der Waals surface area contributed by atoms with Crippen molar-refractivity contribution in [3.8, 4) is 0 Å². The minimum absolute atomic E-state index is 0.321. The highest BCUT2D eigenvalue weighted by molar-refractivity contribution is 5.52. The summed E-state index contributed by atoms with van der Waals surface area (Å²) >= 11 is 0. The Morgan fingerprint density at radius 1 is 1.78 bits per heavy atom. The molecule has 2 nitrogen and oxygen atoms in total. The number of ether oxygens (including phenoxy) is 1. The monoisotopic (exact) mass is 126 g/mol. The Morgan fingerprint density at radius 2 is 2.67 bits per heavy atom. The summed E-state index contributed by atoms with van der Waals surface area (Å²) in [6.07, 6.45) is 2.97. The molecule has 2 atom stereocenters. The van der Waals surface area contributed by atoms with Crippen LogP contribution in [0.3, 0.4) is 0 Å². The van der Waals surface area contributed by atoms with Crippen LogP contribution in [0.25, 0.3) is 0 Å². The molecule has 2 unspecified atom stereocenters. The Bertz CT molecular complexity index is 144. The number of hydrogen-bond acceptors (Lipinski definition) is 2. The van der Waals surface area contributed by atoms with E-state index in [2.05, 4.69) is 0 Å². The Balaban J connectivity index is 2.02. The van der Waals surface area contributed by atoms with E-state index in [0.717, 1.165) is 31.8 Å². The van der Waals surface area contributed by atoms with E-state index >= 15 is 0 Å². The number of carbonyl (C=O) groups is 1. The first-order valence-electron chi connectivity index (χ1n) is 3.39. The molecule has 1 aliphatic heterocycles. The molecule has 1 saturated heterocycles. The van der Waals surface area contributed by atoms with Gasteiger partial charge in [0.15, 0.2) is 0 Å². The fourth-order valence-corrected chi connectivity index (χ4v) is 1.72. The molecular formula is C7H10O2. The zero-order valence-electron chi connectivity index (χ0n) is 5.30. The molecule has 9 heavy (non-hydrogen) atoms. The number of aldehydes is 1. The van der Waals surface area contributed by atoms with Gasteiger partial charge in [-0.25, -0.2) is 0 Å². The number of fused-ring (bicyclic) bond motifs is 1. The molecule has 0 aromatic rings. The molecule has 0 spiro atoms. The van der Waals surface area contributed by atoms with E-state index in [0.29, 0.717) is 5.41 Å². The van der Waals surface area contributed by atoms with Crippen molar-refractivity contribution < 1.29 is 9.53 Å². The highest BCUT2D eigenvalue weighted by Crippen LogP contribution is 2.58. The quantitative estimate of drug-likeness (QED) is 0.507. The third-order valence-corrected chi connectivity index (χ3v) is 2.56. The molecule has 0 bridgehead atoms. The van der Waals surface area contributed by atoms with Gasteiger partial charge >= 0.3 is 0 Å². The van der Waals surface area contributed by atoms with E-state index in [1.54, 1.807) is 0 Å². The van der Waals surface area contributed by atoms with Gasteiger partial charge in [0.1, 0.15) is 6.29 Å². The van der Waals surface area contributed by atoms with Gasteiger partial charge < -0.3 is 9.53 Å². The number of rotatable bonds is 2. The predicted octanol–water partition coefficient (Wildman–Crippen LogP) is 0.612. The Labute approximate surface area is 54.2 Å².